The van der Waals surface area contributed by atoms with Crippen molar-refractivity contribution in [3.05, 3.63) is 29.3 Å². The number of nitrogens with zero attached hydrogens (tertiary/aromatic N) is 1. The third kappa shape index (κ3) is 5.92. The molecule has 0 aliphatic carbocycles. The fourth-order valence-electron chi connectivity index (χ4n) is 2.61. The van der Waals surface area contributed by atoms with Gasteiger partial charge in [-0.1, -0.05) is 11.6 Å². The van der Waals surface area contributed by atoms with E-state index in [-0.39, 0.29) is 11.9 Å². The third-order valence-corrected chi connectivity index (χ3v) is 4.02. The fourth-order valence-corrected chi connectivity index (χ4v) is 2.73. The summed E-state index contributed by atoms with van der Waals surface area (Å²) < 4.78 is 10.4. The van der Waals surface area contributed by atoms with Gasteiger partial charge in [0.05, 0.1) is 19.6 Å². The molecule has 132 valence electrons. The number of benzene rings is 1. The summed E-state index contributed by atoms with van der Waals surface area (Å²) in [6, 6.07) is 6.98. The molecule has 0 bridgehead atoms. The van der Waals surface area contributed by atoms with Crippen molar-refractivity contribution in [1.29, 1.82) is 0 Å². The van der Waals surface area contributed by atoms with Crippen LogP contribution in [0.4, 0.5) is 4.79 Å². The number of nitrogens with one attached hydrogen (secondary N) is 1. The van der Waals surface area contributed by atoms with Crippen molar-refractivity contribution in [2.45, 2.75) is 32.2 Å². The van der Waals surface area contributed by atoms with Gasteiger partial charge >= 0.3 is 6.09 Å². The highest BCUT2D eigenvalue weighted by Crippen LogP contribution is 2.16. The van der Waals surface area contributed by atoms with Crippen LogP contribution in [-0.2, 0) is 9.53 Å². The maximum atomic E-state index is 12.3. The highest BCUT2D eigenvalue weighted by atomic mass is 35.5. The van der Waals surface area contributed by atoms with Gasteiger partial charge in [-0.3, -0.25) is 4.79 Å². The number of piperidine rings is 1. The summed E-state index contributed by atoms with van der Waals surface area (Å²) in [5.74, 6) is 0.715. The van der Waals surface area contributed by atoms with Crippen LogP contribution in [-0.4, -0.2) is 49.2 Å². The van der Waals surface area contributed by atoms with Gasteiger partial charge in [0, 0.05) is 24.2 Å². The summed E-state index contributed by atoms with van der Waals surface area (Å²) in [7, 11) is 0. The number of hydrogen-bond acceptors (Lipinski definition) is 4. The summed E-state index contributed by atoms with van der Waals surface area (Å²) >= 11 is 5.81. The zero-order valence-electron chi connectivity index (χ0n) is 13.8. The molecule has 1 fully saturated rings. The van der Waals surface area contributed by atoms with Gasteiger partial charge in [0.2, 0.25) is 5.91 Å². The van der Waals surface area contributed by atoms with Crippen LogP contribution in [0.25, 0.3) is 0 Å². The highest BCUT2D eigenvalue weighted by Gasteiger charge is 2.24. The molecule has 7 heteroatoms. The lowest BCUT2D eigenvalue weighted by Crippen LogP contribution is -2.49. The zero-order valence-corrected chi connectivity index (χ0v) is 14.6. The Morgan fingerprint density at radius 2 is 2.08 bits per heavy atom. The second kappa shape index (κ2) is 9.37. The van der Waals surface area contributed by atoms with Crippen molar-refractivity contribution in [2.24, 2.45) is 0 Å². The van der Waals surface area contributed by atoms with E-state index in [9.17, 15) is 9.59 Å². The molecule has 1 aromatic carbocycles. The Hall–Kier alpha value is -1.95. The van der Waals surface area contributed by atoms with Crippen molar-refractivity contribution < 1.29 is 19.1 Å². The van der Waals surface area contributed by atoms with Crippen LogP contribution < -0.4 is 10.1 Å². The summed E-state index contributed by atoms with van der Waals surface area (Å²) in [5.41, 5.74) is 0. The van der Waals surface area contributed by atoms with Gasteiger partial charge in [-0.25, -0.2) is 4.79 Å². The summed E-state index contributed by atoms with van der Waals surface area (Å²) in [5, 5.41) is 3.44. The molecule has 0 radical (unpaired) electrons. The monoisotopic (exact) mass is 354 g/mol. The largest absolute Gasteiger partial charge is 0.493 e. The predicted molar refractivity (Wildman–Crippen MR) is 91.3 cm³/mol. The summed E-state index contributed by atoms with van der Waals surface area (Å²) in [4.78, 5) is 25.5. The number of likely N-dealkylation sites (tertiary alicyclic amines) is 1. The standard InChI is InChI=1S/C17H23ClN2O4/c1-2-23-17(22)19-14-4-3-10-20(12-14)16(21)9-11-24-15-7-5-13(18)6-8-15/h5-8,14H,2-4,9-12H2,1H3,(H,19,22). The third-order valence-electron chi connectivity index (χ3n) is 3.77. The molecule has 6 nitrogen and oxygen atoms in total. The van der Waals surface area contributed by atoms with Crippen molar-refractivity contribution in [3.8, 4) is 5.75 Å². The molecule has 1 unspecified atom stereocenters. The van der Waals surface area contributed by atoms with E-state index in [1.54, 1.807) is 36.1 Å². The van der Waals surface area contributed by atoms with Crippen molar-refractivity contribution in [1.82, 2.24) is 10.2 Å². The number of halogens is 1. The Morgan fingerprint density at radius 3 is 2.79 bits per heavy atom. The Labute approximate surface area is 147 Å². The molecular weight excluding hydrogens is 332 g/mol. The molecule has 1 saturated heterocycles. The van der Waals surface area contributed by atoms with E-state index in [2.05, 4.69) is 5.32 Å². The van der Waals surface area contributed by atoms with Crippen LogP contribution in [0.3, 0.4) is 0 Å². The second-order valence-electron chi connectivity index (χ2n) is 5.60. The quantitative estimate of drug-likeness (QED) is 0.853. The van der Waals surface area contributed by atoms with Gasteiger partial charge in [0.25, 0.3) is 0 Å². The van der Waals surface area contributed by atoms with Gasteiger partial charge in [0.15, 0.2) is 0 Å². The fraction of sp³-hybridized carbons (Fsp3) is 0.529. The molecule has 24 heavy (non-hydrogen) atoms. The topological polar surface area (TPSA) is 67.9 Å². The normalized spacial score (nSPS) is 17.2. The van der Waals surface area contributed by atoms with Crippen LogP contribution in [0.1, 0.15) is 26.2 Å². The molecule has 1 aliphatic heterocycles. The van der Waals surface area contributed by atoms with Crippen LogP contribution in [0.2, 0.25) is 5.02 Å². The van der Waals surface area contributed by atoms with Crippen LogP contribution in [0.15, 0.2) is 24.3 Å². The van der Waals surface area contributed by atoms with Crippen LogP contribution in [0.5, 0.6) is 5.75 Å². The number of carbonyl (C=O) groups excluding carboxylic acids is 2. The lowest BCUT2D eigenvalue weighted by atomic mass is 10.1. The SMILES string of the molecule is CCOC(=O)NC1CCCN(C(=O)CCOc2ccc(Cl)cc2)C1. The van der Waals surface area contributed by atoms with Crippen molar-refractivity contribution in [3.63, 3.8) is 0 Å². The average Bonchev–Trinajstić information content (AvgIpc) is 2.57. The van der Waals surface area contributed by atoms with Gasteiger partial charge in [-0.15, -0.1) is 0 Å². The van der Waals surface area contributed by atoms with E-state index in [0.29, 0.717) is 43.5 Å². The van der Waals surface area contributed by atoms with E-state index >= 15 is 0 Å². The highest BCUT2D eigenvalue weighted by molar-refractivity contribution is 6.30. The van der Waals surface area contributed by atoms with Crippen LogP contribution >= 0.6 is 11.6 Å². The maximum Gasteiger partial charge on any atom is 0.407 e. The molecule has 0 spiro atoms. The molecular formula is C17H23ClN2O4. The number of ether oxygens (including phenoxy) is 2. The van der Waals surface area contributed by atoms with E-state index < -0.39 is 6.09 Å². The lowest BCUT2D eigenvalue weighted by molar-refractivity contribution is -0.133. The van der Waals surface area contributed by atoms with Gasteiger partial charge in [-0.05, 0) is 44.0 Å². The molecule has 0 aromatic heterocycles. The van der Waals surface area contributed by atoms with E-state index in [1.807, 2.05) is 0 Å². The number of hydrogen-bond donors (Lipinski definition) is 1. The first-order valence-electron chi connectivity index (χ1n) is 8.18. The molecule has 2 amide bonds. The van der Waals surface area contributed by atoms with Crippen molar-refractivity contribution in [2.75, 3.05) is 26.3 Å². The molecule has 1 N–H and O–H groups in total. The van der Waals surface area contributed by atoms with Crippen molar-refractivity contribution >= 4 is 23.6 Å². The van der Waals surface area contributed by atoms with Gasteiger partial charge < -0.3 is 19.7 Å². The Bertz CT molecular complexity index is 550. The minimum atomic E-state index is -0.428. The van der Waals surface area contributed by atoms with Gasteiger partial charge in [0.1, 0.15) is 5.75 Å². The summed E-state index contributed by atoms with van der Waals surface area (Å²) in [6.45, 7) is 3.63. The molecule has 1 aliphatic rings. The molecule has 1 aromatic rings. The minimum Gasteiger partial charge on any atom is -0.493 e. The lowest BCUT2D eigenvalue weighted by Gasteiger charge is -2.33. The van der Waals surface area contributed by atoms with Crippen LogP contribution in [0, 0.1) is 0 Å². The average molecular weight is 355 g/mol. The molecule has 1 heterocycles. The van der Waals surface area contributed by atoms with Gasteiger partial charge in [-0.2, -0.15) is 0 Å². The minimum absolute atomic E-state index is 0.0272. The molecule has 0 saturated carbocycles. The van der Waals surface area contributed by atoms with E-state index in [0.717, 1.165) is 12.8 Å². The number of rotatable bonds is 6. The Balaban J connectivity index is 1.73. The van der Waals surface area contributed by atoms with E-state index in [4.69, 9.17) is 21.1 Å². The Morgan fingerprint density at radius 1 is 1.33 bits per heavy atom. The molecule has 2 rings (SSSR count). The number of alkyl carbamates (subject to hydrolysis) is 1. The molecule has 1 atom stereocenters. The first-order valence-corrected chi connectivity index (χ1v) is 8.55. The number of carbonyl (C=O) groups is 2. The van der Waals surface area contributed by atoms with E-state index in [1.165, 1.54) is 0 Å². The summed E-state index contributed by atoms with van der Waals surface area (Å²) in [6.07, 6.45) is 1.59. The predicted octanol–water partition coefficient (Wildman–Crippen LogP) is 2.85. The zero-order chi connectivity index (χ0) is 17.4. The first kappa shape index (κ1) is 18.4. The second-order valence-corrected chi connectivity index (χ2v) is 6.03. The first-order chi connectivity index (χ1) is 11.6. The maximum absolute atomic E-state index is 12.3. The Kier molecular flexibility index (Phi) is 7.18. The smallest absolute Gasteiger partial charge is 0.407 e. The number of amides is 2.